The Morgan fingerprint density at radius 1 is 1.32 bits per heavy atom. The average Bonchev–Trinajstić information content (AvgIpc) is 3.04. The number of carbonyl (C=O) groups excluding carboxylic acids is 2. The summed E-state index contributed by atoms with van der Waals surface area (Å²) in [7, 11) is -3.96. The highest BCUT2D eigenvalue weighted by Crippen LogP contribution is 2.29. The van der Waals surface area contributed by atoms with Crippen LogP contribution in [0.4, 0.5) is 10.8 Å². The zero-order valence-corrected chi connectivity index (χ0v) is 14.3. The number of sulfone groups is 1. The summed E-state index contributed by atoms with van der Waals surface area (Å²) < 4.78 is 29.2. The third kappa shape index (κ3) is 4.16. The Kier molecular flexibility index (Phi) is 5.44. The molecule has 10 nitrogen and oxygen atoms in total. The van der Waals surface area contributed by atoms with Crippen molar-refractivity contribution in [2.24, 2.45) is 0 Å². The van der Waals surface area contributed by atoms with Gasteiger partial charge < -0.3 is 4.74 Å². The number of non-ortho nitro benzene ring substituents is 1. The van der Waals surface area contributed by atoms with Crippen molar-refractivity contribution in [2.45, 2.75) is 16.0 Å². The Labute approximate surface area is 145 Å². The summed E-state index contributed by atoms with van der Waals surface area (Å²) in [6.07, 6.45) is 1.02. The lowest BCUT2D eigenvalue weighted by Crippen LogP contribution is -2.24. The van der Waals surface area contributed by atoms with Crippen LogP contribution in [0.3, 0.4) is 0 Å². The van der Waals surface area contributed by atoms with Crippen LogP contribution >= 0.6 is 11.3 Å². The topological polar surface area (TPSA) is 146 Å². The molecule has 132 valence electrons. The summed E-state index contributed by atoms with van der Waals surface area (Å²) >= 11 is 0.636. The van der Waals surface area contributed by atoms with E-state index < -0.39 is 26.6 Å². The Balaban J connectivity index is 2.21. The number of nitro groups is 1. The van der Waals surface area contributed by atoms with Crippen LogP contribution in [0, 0.1) is 10.1 Å². The van der Waals surface area contributed by atoms with Gasteiger partial charge in [0, 0.05) is 12.1 Å². The molecule has 0 saturated carbocycles. The maximum atomic E-state index is 12.4. The molecule has 0 aliphatic carbocycles. The third-order valence-corrected chi connectivity index (χ3v) is 5.93. The van der Waals surface area contributed by atoms with Gasteiger partial charge in [0.2, 0.25) is 9.84 Å². The van der Waals surface area contributed by atoms with E-state index in [1.807, 2.05) is 0 Å². The van der Waals surface area contributed by atoms with Crippen molar-refractivity contribution < 1.29 is 27.7 Å². The molecule has 0 atom stereocenters. The average molecular weight is 385 g/mol. The number of ether oxygens (including phenoxy) is 1. The van der Waals surface area contributed by atoms with Gasteiger partial charge in [-0.25, -0.2) is 18.2 Å². The minimum atomic E-state index is -3.96. The summed E-state index contributed by atoms with van der Waals surface area (Å²) in [6.45, 7) is 1.55. The van der Waals surface area contributed by atoms with E-state index in [0.717, 1.165) is 30.5 Å². The monoisotopic (exact) mass is 385 g/mol. The van der Waals surface area contributed by atoms with E-state index in [1.54, 1.807) is 0 Å². The van der Waals surface area contributed by atoms with Gasteiger partial charge >= 0.3 is 11.9 Å². The lowest BCUT2D eigenvalue weighted by atomic mass is 10.3. The van der Waals surface area contributed by atoms with Crippen molar-refractivity contribution >= 4 is 43.9 Å². The van der Waals surface area contributed by atoms with Crippen molar-refractivity contribution in [3.63, 3.8) is 0 Å². The fraction of sp³-hybridized carbons (Fsp3) is 0.154. The number of benzene rings is 1. The molecule has 0 fully saturated rings. The van der Waals surface area contributed by atoms with Crippen molar-refractivity contribution in [1.82, 2.24) is 4.98 Å². The molecule has 0 bridgehead atoms. The van der Waals surface area contributed by atoms with E-state index in [2.05, 4.69) is 15.0 Å². The van der Waals surface area contributed by atoms with Gasteiger partial charge in [-0.1, -0.05) is 11.3 Å². The first kappa shape index (κ1) is 18.5. The van der Waals surface area contributed by atoms with Gasteiger partial charge in [0.05, 0.1) is 22.6 Å². The first-order chi connectivity index (χ1) is 11.8. The highest BCUT2D eigenvalue weighted by molar-refractivity contribution is 7.93. The van der Waals surface area contributed by atoms with Crippen LogP contribution in [0.2, 0.25) is 0 Å². The minimum absolute atomic E-state index is 0.0178. The van der Waals surface area contributed by atoms with Gasteiger partial charge in [-0.2, -0.15) is 0 Å². The van der Waals surface area contributed by atoms with Crippen LogP contribution in [-0.2, 0) is 24.2 Å². The van der Waals surface area contributed by atoms with E-state index in [-0.39, 0.29) is 26.5 Å². The molecule has 0 aliphatic heterocycles. The Bertz CT molecular complexity index is 919. The molecule has 1 N–H and O–H groups in total. The fourth-order valence-corrected chi connectivity index (χ4v) is 4.08. The number of thiazole rings is 1. The van der Waals surface area contributed by atoms with Crippen LogP contribution in [0.5, 0.6) is 0 Å². The molecule has 2 aromatic rings. The van der Waals surface area contributed by atoms with Crippen LogP contribution in [0.15, 0.2) is 39.6 Å². The van der Waals surface area contributed by atoms with Gasteiger partial charge in [0.25, 0.3) is 5.69 Å². The van der Waals surface area contributed by atoms with E-state index >= 15 is 0 Å². The summed E-state index contributed by atoms with van der Waals surface area (Å²) in [6, 6.07) is 4.34. The van der Waals surface area contributed by atoms with Crippen LogP contribution in [0.25, 0.3) is 0 Å². The normalized spacial score (nSPS) is 10.9. The molecular weight excluding hydrogens is 374 g/mol. The molecule has 1 amide bonds. The minimum Gasteiger partial charge on any atom is -0.459 e. The maximum Gasteiger partial charge on any atom is 0.397 e. The van der Waals surface area contributed by atoms with Crippen molar-refractivity contribution in [3.8, 4) is 0 Å². The van der Waals surface area contributed by atoms with Gasteiger partial charge in [-0.3, -0.25) is 20.2 Å². The van der Waals surface area contributed by atoms with Gasteiger partial charge in [0.15, 0.2) is 5.13 Å². The van der Waals surface area contributed by atoms with E-state index in [9.17, 15) is 28.1 Å². The second kappa shape index (κ2) is 7.36. The second-order valence-electron chi connectivity index (χ2n) is 4.41. The van der Waals surface area contributed by atoms with Crippen LogP contribution in [-0.4, -0.2) is 36.8 Å². The molecule has 1 heterocycles. The number of aromatic nitrogens is 1. The number of nitrogens with one attached hydrogen (secondary N) is 1. The predicted molar refractivity (Wildman–Crippen MR) is 85.9 cm³/mol. The molecular formula is C13H11N3O7S2. The predicted octanol–water partition coefficient (Wildman–Crippen LogP) is 1.39. The number of esters is 1. The number of carbonyl (C=O) groups is 2. The number of hydrogen-bond acceptors (Lipinski definition) is 9. The lowest BCUT2D eigenvalue weighted by Gasteiger charge is -2.01. The van der Waals surface area contributed by atoms with Gasteiger partial charge in [-0.05, 0) is 19.1 Å². The summed E-state index contributed by atoms with van der Waals surface area (Å²) in [5.74, 6) is -2.19. The molecule has 25 heavy (non-hydrogen) atoms. The summed E-state index contributed by atoms with van der Waals surface area (Å²) in [5.41, 5.74) is -0.245. The fourth-order valence-electron chi connectivity index (χ4n) is 1.65. The molecule has 0 spiro atoms. The zero-order valence-electron chi connectivity index (χ0n) is 12.7. The summed E-state index contributed by atoms with van der Waals surface area (Å²) in [5, 5.41) is 12.6. The molecule has 12 heteroatoms. The smallest absolute Gasteiger partial charge is 0.397 e. The van der Waals surface area contributed by atoms with Crippen LogP contribution in [0.1, 0.15) is 6.92 Å². The first-order valence-electron chi connectivity index (χ1n) is 6.69. The number of rotatable bonds is 5. The third-order valence-electron chi connectivity index (χ3n) is 2.79. The van der Waals surface area contributed by atoms with E-state index in [0.29, 0.717) is 11.3 Å². The van der Waals surface area contributed by atoms with Crippen molar-refractivity contribution in [1.29, 1.82) is 0 Å². The van der Waals surface area contributed by atoms with E-state index in [4.69, 9.17) is 0 Å². The molecule has 0 radical (unpaired) electrons. The quantitative estimate of drug-likeness (QED) is 0.351. The molecule has 1 aromatic heterocycles. The molecule has 0 aliphatic rings. The van der Waals surface area contributed by atoms with E-state index in [1.165, 1.54) is 6.92 Å². The molecule has 2 rings (SSSR count). The highest BCUT2D eigenvalue weighted by atomic mass is 32.2. The maximum absolute atomic E-state index is 12.4. The standard InChI is InChI=1S/C13H11N3O7S2/c1-2-23-12(18)11(17)15-13-14-7-10(24-13)25(21,22)9-5-3-8(4-6-9)16(19)20/h3-7H,2H2,1H3,(H,14,15,17). The first-order valence-corrected chi connectivity index (χ1v) is 8.99. The largest absolute Gasteiger partial charge is 0.459 e. The molecule has 1 aromatic carbocycles. The Morgan fingerprint density at radius 3 is 2.52 bits per heavy atom. The van der Waals surface area contributed by atoms with Crippen molar-refractivity contribution in [3.05, 3.63) is 40.6 Å². The SMILES string of the molecule is CCOC(=O)C(=O)Nc1ncc(S(=O)(=O)c2ccc([N+](=O)[O-])cc2)s1. The summed E-state index contributed by atoms with van der Waals surface area (Å²) in [4.78, 5) is 36.3. The number of nitrogens with zero attached hydrogens (tertiary/aromatic N) is 2. The van der Waals surface area contributed by atoms with Gasteiger partial charge in [-0.15, -0.1) is 0 Å². The molecule has 0 saturated heterocycles. The number of hydrogen-bond donors (Lipinski definition) is 1. The Hall–Kier alpha value is -2.86. The Morgan fingerprint density at radius 2 is 1.96 bits per heavy atom. The number of anilines is 1. The van der Waals surface area contributed by atoms with Gasteiger partial charge in [0.1, 0.15) is 4.21 Å². The van der Waals surface area contributed by atoms with Crippen molar-refractivity contribution in [2.75, 3.05) is 11.9 Å². The molecule has 0 unspecified atom stereocenters. The zero-order chi connectivity index (χ0) is 18.6. The second-order valence-corrected chi connectivity index (χ2v) is 7.62. The lowest BCUT2D eigenvalue weighted by molar-refractivity contribution is -0.384. The highest BCUT2D eigenvalue weighted by Gasteiger charge is 2.23. The van der Waals surface area contributed by atoms with Crippen LogP contribution < -0.4 is 5.32 Å². The number of amides is 1. The number of nitro benzene ring substituents is 1.